The number of piperidine rings is 1. The zero-order chi connectivity index (χ0) is 15.7. The molecule has 114 valence electrons. The predicted octanol–water partition coefficient (Wildman–Crippen LogP) is 2.43. The Morgan fingerprint density at radius 3 is 2.95 bits per heavy atom. The lowest BCUT2D eigenvalue weighted by molar-refractivity contribution is 0.477. The molecule has 6 nitrogen and oxygen atoms in total. The third-order valence-corrected chi connectivity index (χ3v) is 4.38. The molecule has 1 fully saturated rings. The lowest BCUT2D eigenvalue weighted by Crippen LogP contribution is -2.36. The number of nitrogens with zero attached hydrogens (tertiary/aromatic N) is 6. The molecule has 3 rings (SSSR count). The Bertz CT molecular complexity index is 732. The van der Waals surface area contributed by atoms with E-state index in [0.29, 0.717) is 22.2 Å². The Balaban J connectivity index is 1.88. The van der Waals surface area contributed by atoms with E-state index in [4.69, 9.17) is 16.9 Å². The van der Waals surface area contributed by atoms with Crippen LogP contribution in [0.15, 0.2) is 12.4 Å². The molecular formula is C15H17ClN6. The fourth-order valence-corrected chi connectivity index (χ4v) is 3.22. The van der Waals surface area contributed by atoms with Crippen LogP contribution in [0, 0.1) is 18.3 Å². The molecule has 7 heteroatoms. The second-order valence-electron chi connectivity index (χ2n) is 5.62. The van der Waals surface area contributed by atoms with Gasteiger partial charge in [0.25, 0.3) is 0 Å². The Kier molecular flexibility index (Phi) is 3.99. The lowest BCUT2D eigenvalue weighted by Gasteiger charge is -2.33. The largest absolute Gasteiger partial charge is 0.355 e. The van der Waals surface area contributed by atoms with Crippen molar-refractivity contribution in [2.24, 2.45) is 7.05 Å². The number of nitriles is 1. The number of hydrogen-bond donors (Lipinski definition) is 0. The molecule has 0 saturated carbocycles. The van der Waals surface area contributed by atoms with Gasteiger partial charge in [-0.1, -0.05) is 11.6 Å². The molecule has 3 heterocycles. The van der Waals surface area contributed by atoms with Gasteiger partial charge in [-0.2, -0.15) is 5.26 Å². The zero-order valence-corrected chi connectivity index (χ0v) is 13.4. The van der Waals surface area contributed by atoms with E-state index >= 15 is 0 Å². The van der Waals surface area contributed by atoms with Crippen molar-refractivity contribution in [1.29, 1.82) is 5.26 Å². The number of halogens is 1. The molecule has 1 atom stereocenters. The predicted molar refractivity (Wildman–Crippen MR) is 83.9 cm³/mol. The molecule has 0 spiro atoms. The summed E-state index contributed by atoms with van der Waals surface area (Å²) >= 11 is 6.33. The van der Waals surface area contributed by atoms with Gasteiger partial charge in [-0.3, -0.25) is 0 Å². The number of hydrogen-bond acceptors (Lipinski definition) is 5. The molecule has 1 aliphatic heterocycles. The normalized spacial score (nSPS) is 18.3. The third-order valence-electron chi connectivity index (χ3n) is 4.10. The maximum Gasteiger partial charge on any atom is 0.147 e. The standard InChI is InChI=1S/C15H17ClN6/c1-10-12(7-17)6-13(16)15(19-10)22-5-3-4-11(8-22)14-20-18-9-21(14)2/h6,9,11H,3-5,8H2,1-2H3. The summed E-state index contributed by atoms with van der Waals surface area (Å²) < 4.78 is 1.97. The van der Waals surface area contributed by atoms with Crippen LogP contribution < -0.4 is 4.90 Å². The van der Waals surface area contributed by atoms with Crippen LogP contribution in [-0.4, -0.2) is 32.8 Å². The fraction of sp³-hybridized carbons (Fsp3) is 0.467. The molecule has 1 aliphatic rings. The van der Waals surface area contributed by atoms with E-state index in [0.717, 1.165) is 37.6 Å². The van der Waals surface area contributed by atoms with Crippen molar-refractivity contribution >= 4 is 17.4 Å². The van der Waals surface area contributed by atoms with Gasteiger partial charge < -0.3 is 9.47 Å². The highest BCUT2D eigenvalue weighted by Gasteiger charge is 2.27. The SMILES string of the molecule is Cc1nc(N2CCCC(c3nncn3C)C2)c(Cl)cc1C#N. The Morgan fingerprint density at radius 1 is 1.45 bits per heavy atom. The minimum Gasteiger partial charge on any atom is -0.355 e. The van der Waals surface area contributed by atoms with Crippen LogP contribution in [0.2, 0.25) is 5.02 Å². The minimum absolute atomic E-state index is 0.315. The Hall–Kier alpha value is -2.13. The average Bonchev–Trinajstić information content (AvgIpc) is 2.95. The van der Waals surface area contributed by atoms with Crippen molar-refractivity contribution in [3.8, 4) is 6.07 Å². The summed E-state index contributed by atoms with van der Waals surface area (Å²) in [7, 11) is 1.96. The maximum absolute atomic E-state index is 9.06. The van der Waals surface area contributed by atoms with Gasteiger partial charge in [-0.25, -0.2) is 4.98 Å². The van der Waals surface area contributed by atoms with Crippen LogP contribution in [0.4, 0.5) is 5.82 Å². The molecule has 2 aromatic rings. The van der Waals surface area contributed by atoms with E-state index in [2.05, 4.69) is 26.2 Å². The molecular weight excluding hydrogens is 300 g/mol. The number of rotatable bonds is 2. The van der Waals surface area contributed by atoms with E-state index in [1.54, 1.807) is 12.4 Å². The molecule has 2 aromatic heterocycles. The smallest absolute Gasteiger partial charge is 0.147 e. The maximum atomic E-state index is 9.06. The number of pyridine rings is 1. The van der Waals surface area contributed by atoms with Gasteiger partial charge in [0.1, 0.15) is 24.0 Å². The van der Waals surface area contributed by atoms with E-state index in [9.17, 15) is 0 Å². The van der Waals surface area contributed by atoms with Gasteiger partial charge in [0.05, 0.1) is 16.3 Å². The fourth-order valence-electron chi connectivity index (χ4n) is 2.95. The van der Waals surface area contributed by atoms with Crippen molar-refractivity contribution < 1.29 is 0 Å². The number of anilines is 1. The van der Waals surface area contributed by atoms with Gasteiger partial charge in [0.2, 0.25) is 0 Å². The molecule has 0 radical (unpaired) electrons. The van der Waals surface area contributed by atoms with Crippen molar-refractivity contribution in [2.45, 2.75) is 25.7 Å². The van der Waals surface area contributed by atoms with Crippen molar-refractivity contribution in [1.82, 2.24) is 19.7 Å². The second kappa shape index (κ2) is 5.93. The van der Waals surface area contributed by atoms with Gasteiger partial charge in [0, 0.05) is 26.1 Å². The first-order valence-electron chi connectivity index (χ1n) is 7.26. The summed E-state index contributed by atoms with van der Waals surface area (Å²) in [6.45, 7) is 3.56. The van der Waals surface area contributed by atoms with Crippen LogP contribution in [0.25, 0.3) is 0 Å². The van der Waals surface area contributed by atoms with Gasteiger partial charge in [-0.15, -0.1) is 10.2 Å². The topological polar surface area (TPSA) is 70.6 Å². The first-order chi connectivity index (χ1) is 10.6. The van der Waals surface area contributed by atoms with Crippen molar-refractivity contribution in [3.63, 3.8) is 0 Å². The summed E-state index contributed by atoms with van der Waals surface area (Å²) in [5.41, 5.74) is 1.23. The Labute approximate surface area is 134 Å². The first-order valence-corrected chi connectivity index (χ1v) is 7.64. The van der Waals surface area contributed by atoms with E-state index < -0.39 is 0 Å². The van der Waals surface area contributed by atoms with Crippen LogP contribution in [0.3, 0.4) is 0 Å². The number of aryl methyl sites for hydroxylation is 2. The Morgan fingerprint density at radius 2 is 2.27 bits per heavy atom. The third kappa shape index (κ3) is 2.64. The number of aromatic nitrogens is 4. The van der Waals surface area contributed by atoms with Gasteiger partial charge in [-0.05, 0) is 25.8 Å². The highest BCUT2D eigenvalue weighted by atomic mass is 35.5. The summed E-state index contributed by atoms with van der Waals surface area (Å²) in [6.07, 6.45) is 3.86. The molecule has 22 heavy (non-hydrogen) atoms. The van der Waals surface area contributed by atoms with Crippen LogP contribution in [0.1, 0.15) is 35.8 Å². The monoisotopic (exact) mass is 316 g/mol. The van der Waals surface area contributed by atoms with Gasteiger partial charge >= 0.3 is 0 Å². The highest BCUT2D eigenvalue weighted by molar-refractivity contribution is 6.33. The van der Waals surface area contributed by atoms with E-state index in [1.165, 1.54) is 0 Å². The average molecular weight is 317 g/mol. The highest BCUT2D eigenvalue weighted by Crippen LogP contribution is 2.32. The summed E-state index contributed by atoms with van der Waals surface area (Å²) in [4.78, 5) is 6.71. The molecule has 0 N–H and O–H groups in total. The summed E-state index contributed by atoms with van der Waals surface area (Å²) in [5, 5.41) is 17.8. The van der Waals surface area contributed by atoms with Crippen molar-refractivity contribution in [3.05, 3.63) is 34.5 Å². The van der Waals surface area contributed by atoms with E-state index in [-0.39, 0.29) is 0 Å². The second-order valence-corrected chi connectivity index (χ2v) is 6.03. The van der Waals surface area contributed by atoms with Crippen LogP contribution >= 0.6 is 11.6 Å². The molecule has 0 bridgehead atoms. The van der Waals surface area contributed by atoms with Gasteiger partial charge in [0.15, 0.2) is 0 Å². The van der Waals surface area contributed by atoms with Crippen LogP contribution in [-0.2, 0) is 7.05 Å². The summed E-state index contributed by atoms with van der Waals surface area (Å²) in [5.74, 6) is 2.06. The molecule has 1 saturated heterocycles. The van der Waals surface area contributed by atoms with Crippen molar-refractivity contribution in [2.75, 3.05) is 18.0 Å². The molecule has 0 aromatic carbocycles. The van der Waals surface area contributed by atoms with E-state index in [1.807, 2.05) is 18.5 Å². The minimum atomic E-state index is 0.315. The molecule has 0 amide bonds. The first kappa shape index (κ1) is 14.8. The van der Waals surface area contributed by atoms with Crippen LogP contribution in [0.5, 0.6) is 0 Å². The summed E-state index contributed by atoms with van der Waals surface area (Å²) in [6, 6.07) is 3.82. The lowest BCUT2D eigenvalue weighted by atomic mass is 9.97. The molecule has 1 unspecified atom stereocenters. The zero-order valence-electron chi connectivity index (χ0n) is 12.6. The quantitative estimate of drug-likeness (QED) is 0.851. The molecule has 0 aliphatic carbocycles.